The molecule has 0 unspecified atom stereocenters. The molecule has 2 aromatic rings. The van der Waals surface area contributed by atoms with Crippen molar-refractivity contribution in [2.24, 2.45) is 10.7 Å². The number of aliphatic imine (C=N–C) groups is 1. The number of benzene rings is 2. The fraction of sp³-hybridized carbons (Fsp3) is 0.542. The molecule has 6 heteroatoms. The summed E-state index contributed by atoms with van der Waals surface area (Å²) in [4.78, 5) is 10.2. The Labute approximate surface area is 185 Å². The first-order chi connectivity index (χ1) is 14.8. The van der Waals surface area contributed by atoms with Gasteiger partial charge in [0.25, 0.3) is 0 Å². The van der Waals surface area contributed by atoms with Crippen molar-refractivity contribution in [2.45, 2.75) is 31.7 Å². The number of nitrogens with two attached hydrogens (primary N) is 1. The zero-order chi connectivity index (χ0) is 20.6. The summed E-state index contributed by atoms with van der Waals surface area (Å²) in [5.41, 5.74) is 6.77. The maximum Gasteiger partial charge on any atom is 0.198 e. The number of likely N-dealkylation sites (tertiary alicyclic amines) is 2. The van der Waals surface area contributed by atoms with Gasteiger partial charge in [0.2, 0.25) is 0 Å². The molecule has 2 aliphatic heterocycles. The summed E-state index contributed by atoms with van der Waals surface area (Å²) in [5, 5.41) is 6.20. The van der Waals surface area contributed by atoms with Gasteiger partial charge in [0.15, 0.2) is 5.96 Å². The van der Waals surface area contributed by atoms with Crippen molar-refractivity contribution in [3.05, 3.63) is 42.5 Å². The molecule has 0 saturated carbocycles. The zero-order valence-corrected chi connectivity index (χ0v) is 18.7. The lowest BCUT2D eigenvalue weighted by Crippen LogP contribution is -2.47. The number of nitrogens with zero attached hydrogens (tertiary/aromatic N) is 3. The van der Waals surface area contributed by atoms with Crippen molar-refractivity contribution in [1.29, 1.82) is 0 Å². The predicted octanol–water partition coefficient (Wildman–Crippen LogP) is 3.86. The molecule has 2 aromatic carbocycles. The molecule has 2 saturated heterocycles. The van der Waals surface area contributed by atoms with Gasteiger partial charge < -0.3 is 20.9 Å². The van der Waals surface area contributed by atoms with Crippen LogP contribution in [0.15, 0.2) is 47.5 Å². The first-order valence-corrected chi connectivity index (χ1v) is 12.6. The van der Waals surface area contributed by atoms with Crippen LogP contribution in [0.2, 0.25) is 0 Å². The van der Waals surface area contributed by atoms with Gasteiger partial charge in [0.05, 0.1) is 6.54 Å². The molecule has 0 aromatic heterocycles. The van der Waals surface area contributed by atoms with Gasteiger partial charge in [0.1, 0.15) is 0 Å². The minimum Gasteiger partial charge on any atom is -0.343 e. The number of nitrogens with one attached hydrogen (secondary N) is 1. The van der Waals surface area contributed by atoms with Crippen LogP contribution in [0.25, 0.3) is 10.8 Å². The van der Waals surface area contributed by atoms with Crippen molar-refractivity contribution in [3.63, 3.8) is 0 Å². The molecule has 0 radical (unpaired) electrons. The minimum atomic E-state index is 0.736. The number of thioether (sulfide) groups is 1. The van der Waals surface area contributed by atoms with Crippen LogP contribution in [-0.4, -0.2) is 72.6 Å². The molecule has 5 nitrogen and oxygen atoms in total. The summed E-state index contributed by atoms with van der Waals surface area (Å²) in [7, 11) is 0. The fourth-order valence-electron chi connectivity index (χ4n) is 4.62. The fourth-order valence-corrected chi connectivity index (χ4v) is 5.22. The lowest BCUT2D eigenvalue weighted by molar-refractivity contribution is 0.163. The van der Waals surface area contributed by atoms with Crippen LogP contribution in [0.1, 0.15) is 25.7 Å². The molecule has 0 spiro atoms. The molecular formula is C24H35N5S. The van der Waals surface area contributed by atoms with Crippen molar-refractivity contribution in [1.82, 2.24) is 9.80 Å². The smallest absolute Gasteiger partial charge is 0.198 e. The van der Waals surface area contributed by atoms with Crippen LogP contribution in [0, 0.1) is 0 Å². The Balaban J connectivity index is 1.46. The number of guanidine groups is 1. The summed E-state index contributed by atoms with van der Waals surface area (Å²) in [6.45, 7) is 6.29. The zero-order valence-electron chi connectivity index (χ0n) is 17.9. The average Bonchev–Trinajstić information content (AvgIpc) is 3.33. The van der Waals surface area contributed by atoms with E-state index in [0.717, 1.165) is 55.4 Å². The van der Waals surface area contributed by atoms with E-state index in [4.69, 9.17) is 10.7 Å². The Morgan fingerprint density at radius 2 is 1.77 bits per heavy atom. The molecule has 0 bridgehead atoms. The lowest BCUT2D eigenvalue weighted by Gasteiger charge is -2.38. The van der Waals surface area contributed by atoms with Gasteiger partial charge in [-0.2, -0.15) is 11.8 Å². The van der Waals surface area contributed by atoms with Crippen LogP contribution >= 0.6 is 11.8 Å². The third-order valence-corrected chi connectivity index (χ3v) is 7.21. The molecule has 2 fully saturated rings. The Hall–Kier alpha value is -1.76. The Bertz CT molecular complexity index is 820. The van der Waals surface area contributed by atoms with E-state index in [1.807, 2.05) is 11.8 Å². The first kappa shape index (κ1) is 21.5. The summed E-state index contributed by atoms with van der Waals surface area (Å²) < 4.78 is 0. The second-order valence-corrected chi connectivity index (χ2v) is 9.44. The van der Waals surface area contributed by atoms with Crippen LogP contribution in [0.4, 0.5) is 5.69 Å². The highest BCUT2D eigenvalue weighted by Crippen LogP contribution is 2.25. The molecule has 4 rings (SSSR count). The molecule has 0 amide bonds. The third-order valence-electron chi connectivity index (χ3n) is 6.22. The number of hydrogen-bond donors (Lipinski definition) is 2. The standard InChI is InChI=1S/C24H35N5S/c25-12-18-30-19-13-26-24(27-23-9-5-7-20-6-1-2-8-22(20)23)29-16-10-21(11-17-29)28-14-3-4-15-28/h1-2,5-9,21H,3-4,10-19,25H2,(H,26,27). The molecule has 3 N–H and O–H groups in total. The third kappa shape index (κ3) is 5.48. The van der Waals surface area contributed by atoms with E-state index in [9.17, 15) is 0 Å². The van der Waals surface area contributed by atoms with Gasteiger partial charge in [-0.3, -0.25) is 4.99 Å². The highest BCUT2D eigenvalue weighted by Gasteiger charge is 2.27. The molecule has 0 atom stereocenters. The molecule has 2 heterocycles. The van der Waals surface area contributed by atoms with Crippen molar-refractivity contribution in [3.8, 4) is 0 Å². The normalized spacial score (nSPS) is 19.0. The van der Waals surface area contributed by atoms with Gasteiger partial charge >= 0.3 is 0 Å². The predicted molar refractivity (Wildman–Crippen MR) is 132 cm³/mol. The van der Waals surface area contributed by atoms with E-state index in [1.54, 1.807) is 0 Å². The SMILES string of the molecule is NCCSCCN=C(Nc1cccc2ccccc12)N1CCC(N2CCCC2)CC1. The Kier molecular flexibility index (Phi) is 7.89. The molecular weight excluding hydrogens is 390 g/mol. The maximum atomic E-state index is 5.63. The first-order valence-electron chi connectivity index (χ1n) is 11.4. The number of rotatable bonds is 7. The van der Waals surface area contributed by atoms with Crippen molar-refractivity contribution in [2.75, 3.05) is 56.1 Å². The average molecular weight is 426 g/mol. The van der Waals surface area contributed by atoms with E-state index < -0.39 is 0 Å². The van der Waals surface area contributed by atoms with Gasteiger partial charge in [-0.15, -0.1) is 0 Å². The van der Waals surface area contributed by atoms with Crippen LogP contribution in [0.3, 0.4) is 0 Å². The van der Waals surface area contributed by atoms with Gasteiger partial charge in [-0.25, -0.2) is 0 Å². The van der Waals surface area contributed by atoms with Crippen LogP contribution in [0.5, 0.6) is 0 Å². The summed E-state index contributed by atoms with van der Waals surface area (Å²) >= 11 is 1.88. The molecule has 162 valence electrons. The molecule has 2 aliphatic rings. The number of fused-ring (bicyclic) bond motifs is 1. The largest absolute Gasteiger partial charge is 0.343 e. The van der Waals surface area contributed by atoms with Gasteiger partial charge in [-0.05, 0) is 50.2 Å². The van der Waals surface area contributed by atoms with Crippen molar-refractivity contribution >= 4 is 34.2 Å². The topological polar surface area (TPSA) is 56.9 Å². The van der Waals surface area contributed by atoms with E-state index in [1.165, 1.54) is 49.5 Å². The second kappa shape index (κ2) is 11.0. The molecule has 0 aliphatic carbocycles. The minimum absolute atomic E-state index is 0.736. The number of anilines is 1. The number of hydrogen-bond acceptors (Lipinski definition) is 4. The van der Waals surface area contributed by atoms with Gasteiger partial charge in [0, 0.05) is 48.3 Å². The van der Waals surface area contributed by atoms with E-state index in [-0.39, 0.29) is 0 Å². The highest BCUT2D eigenvalue weighted by molar-refractivity contribution is 7.99. The summed E-state index contributed by atoms with van der Waals surface area (Å²) in [6, 6.07) is 15.8. The highest BCUT2D eigenvalue weighted by atomic mass is 32.2. The lowest BCUT2D eigenvalue weighted by atomic mass is 10.0. The van der Waals surface area contributed by atoms with Gasteiger partial charge in [-0.1, -0.05) is 36.4 Å². The van der Waals surface area contributed by atoms with E-state index >= 15 is 0 Å². The van der Waals surface area contributed by atoms with Crippen LogP contribution in [-0.2, 0) is 0 Å². The Morgan fingerprint density at radius 1 is 1.00 bits per heavy atom. The monoisotopic (exact) mass is 425 g/mol. The second-order valence-electron chi connectivity index (χ2n) is 8.22. The molecule has 30 heavy (non-hydrogen) atoms. The quantitative estimate of drug-likeness (QED) is 0.401. The Morgan fingerprint density at radius 3 is 2.57 bits per heavy atom. The van der Waals surface area contributed by atoms with E-state index in [2.05, 4.69) is 57.6 Å². The summed E-state index contributed by atoms with van der Waals surface area (Å²) in [5.74, 6) is 3.05. The van der Waals surface area contributed by atoms with Crippen molar-refractivity contribution < 1.29 is 0 Å². The van der Waals surface area contributed by atoms with Crippen LogP contribution < -0.4 is 11.1 Å². The maximum absolute atomic E-state index is 5.63. The van der Waals surface area contributed by atoms with E-state index in [0.29, 0.717) is 0 Å². The number of piperidine rings is 1. The summed E-state index contributed by atoms with van der Waals surface area (Å²) in [6.07, 6.45) is 5.21.